The Bertz CT molecular complexity index is 993. The lowest BCUT2D eigenvalue weighted by atomic mass is 10.2. The summed E-state index contributed by atoms with van der Waals surface area (Å²) >= 11 is 1.13. The van der Waals surface area contributed by atoms with Gasteiger partial charge in [0.2, 0.25) is 13.0 Å². The van der Waals surface area contributed by atoms with Crippen molar-refractivity contribution in [2.75, 3.05) is 6.79 Å². The second kappa shape index (κ2) is 7.43. The van der Waals surface area contributed by atoms with Gasteiger partial charge in [-0.25, -0.2) is 0 Å². The standard InChI is InChI=1S/C19H13N3O4S/c20-10-21-19-22-18(23)17(27-19)8-12-1-4-14(5-2-12)24-9-13-3-6-15-16(7-13)26-11-25-15/h1-8H,9,11H2,(H,21,22,23)/b17-8+. The highest BCUT2D eigenvalue weighted by molar-refractivity contribution is 8.18. The van der Waals surface area contributed by atoms with Crippen LogP contribution in [0.2, 0.25) is 0 Å². The zero-order valence-electron chi connectivity index (χ0n) is 14.0. The summed E-state index contributed by atoms with van der Waals surface area (Å²) in [6.45, 7) is 0.653. The second-order valence-electron chi connectivity index (χ2n) is 5.63. The lowest BCUT2D eigenvalue weighted by Gasteiger charge is -2.07. The molecular weight excluding hydrogens is 366 g/mol. The van der Waals surface area contributed by atoms with Crippen molar-refractivity contribution in [3.05, 3.63) is 58.5 Å². The Balaban J connectivity index is 1.39. The molecule has 7 nitrogen and oxygen atoms in total. The average molecular weight is 379 g/mol. The van der Waals surface area contributed by atoms with E-state index < -0.39 is 0 Å². The predicted molar refractivity (Wildman–Crippen MR) is 100 cm³/mol. The van der Waals surface area contributed by atoms with E-state index in [0.717, 1.165) is 34.4 Å². The highest BCUT2D eigenvalue weighted by atomic mass is 32.2. The first-order valence-electron chi connectivity index (χ1n) is 8.00. The van der Waals surface area contributed by atoms with E-state index in [9.17, 15) is 4.79 Å². The topological polar surface area (TPSA) is 92.9 Å². The van der Waals surface area contributed by atoms with Crippen molar-refractivity contribution in [1.29, 1.82) is 5.26 Å². The van der Waals surface area contributed by atoms with Crippen LogP contribution in [0.1, 0.15) is 11.1 Å². The van der Waals surface area contributed by atoms with E-state index in [4.69, 9.17) is 19.5 Å². The molecule has 1 saturated heterocycles. The lowest BCUT2D eigenvalue weighted by molar-refractivity contribution is -0.115. The second-order valence-corrected chi connectivity index (χ2v) is 6.66. The van der Waals surface area contributed by atoms with Crippen LogP contribution in [-0.2, 0) is 11.4 Å². The van der Waals surface area contributed by atoms with Gasteiger partial charge in [-0.2, -0.15) is 5.26 Å². The molecule has 0 atom stereocenters. The number of nitrogens with one attached hydrogen (secondary N) is 1. The third-order valence-electron chi connectivity index (χ3n) is 3.82. The van der Waals surface area contributed by atoms with Crippen molar-refractivity contribution >= 4 is 28.9 Å². The maximum Gasteiger partial charge on any atom is 0.264 e. The molecule has 2 aromatic carbocycles. The molecule has 27 heavy (non-hydrogen) atoms. The Labute approximate surface area is 159 Å². The van der Waals surface area contributed by atoms with Gasteiger partial charge in [-0.3, -0.25) is 10.1 Å². The number of aliphatic imine (C=N–C) groups is 1. The van der Waals surface area contributed by atoms with Gasteiger partial charge >= 0.3 is 0 Å². The fraction of sp³-hybridized carbons (Fsp3) is 0.105. The molecule has 0 saturated carbocycles. The first-order valence-corrected chi connectivity index (χ1v) is 8.82. The molecular formula is C19H13N3O4S. The number of hydrogen-bond donors (Lipinski definition) is 1. The van der Waals surface area contributed by atoms with Crippen molar-refractivity contribution in [3.8, 4) is 23.4 Å². The number of carbonyl (C=O) groups is 1. The van der Waals surface area contributed by atoms with Gasteiger partial charge < -0.3 is 14.2 Å². The number of thioether (sulfide) groups is 1. The molecule has 2 aliphatic heterocycles. The summed E-state index contributed by atoms with van der Waals surface area (Å²) in [5.41, 5.74) is 1.83. The molecule has 134 valence electrons. The summed E-state index contributed by atoms with van der Waals surface area (Å²) in [7, 11) is 0. The van der Waals surface area contributed by atoms with E-state index in [1.54, 1.807) is 12.3 Å². The molecule has 0 spiro atoms. The van der Waals surface area contributed by atoms with Crippen molar-refractivity contribution in [2.45, 2.75) is 6.61 Å². The van der Waals surface area contributed by atoms with Gasteiger partial charge in [0.15, 0.2) is 16.7 Å². The maximum atomic E-state index is 11.8. The zero-order chi connectivity index (χ0) is 18.6. The van der Waals surface area contributed by atoms with Gasteiger partial charge in [0.25, 0.3) is 5.91 Å². The van der Waals surface area contributed by atoms with E-state index in [-0.39, 0.29) is 17.9 Å². The zero-order valence-corrected chi connectivity index (χ0v) is 14.8. The van der Waals surface area contributed by atoms with Gasteiger partial charge in [0.1, 0.15) is 12.4 Å². The number of amides is 1. The van der Waals surface area contributed by atoms with Crippen LogP contribution in [-0.4, -0.2) is 17.9 Å². The lowest BCUT2D eigenvalue weighted by Crippen LogP contribution is -2.19. The molecule has 0 unspecified atom stereocenters. The van der Waals surface area contributed by atoms with E-state index in [1.165, 1.54) is 0 Å². The smallest absolute Gasteiger partial charge is 0.264 e. The van der Waals surface area contributed by atoms with E-state index in [0.29, 0.717) is 17.3 Å². The number of nitrogens with zero attached hydrogens (tertiary/aromatic N) is 2. The van der Waals surface area contributed by atoms with Crippen molar-refractivity contribution in [3.63, 3.8) is 0 Å². The highest BCUT2D eigenvalue weighted by Crippen LogP contribution is 2.33. The van der Waals surface area contributed by atoms with Crippen LogP contribution in [0.15, 0.2) is 52.4 Å². The number of nitriles is 1. The fourth-order valence-electron chi connectivity index (χ4n) is 2.53. The summed E-state index contributed by atoms with van der Waals surface area (Å²) in [5, 5.41) is 11.4. The monoisotopic (exact) mass is 379 g/mol. The quantitative estimate of drug-likeness (QED) is 0.648. The number of fused-ring (bicyclic) bond motifs is 1. The van der Waals surface area contributed by atoms with Gasteiger partial charge in [0, 0.05) is 0 Å². The summed E-state index contributed by atoms with van der Waals surface area (Å²) in [5.74, 6) is 1.92. The Hall–Kier alpha value is -3.44. The number of rotatable bonds is 4. The molecule has 1 fully saturated rings. The molecule has 0 aromatic heterocycles. The maximum absolute atomic E-state index is 11.8. The van der Waals surface area contributed by atoms with Crippen molar-refractivity contribution < 1.29 is 19.0 Å². The summed E-state index contributed by atoms with van der Waals surface area (Å²) in [4.78, 5) is 15.9. The number of ether oxygens (including phenoxy) is 3. The third kappa shape index (κ3) is 3.88. The van der Waals surface area contributed by atoms with E-state index >= 15 is 0 Å². The number of amidine groups is 1. The van der Waals surface area contributed by atoms with Gasteiger partial charge in [-0.05, 0) is 53.2 Å². The Morgan fingerprint density at radius 3 is 2.85 bits per heavy atom. The van der Waals surface area contributed by atoms with Crippen LogP contribution < -0.4 is 19.5 Å². The molecule has 0 aliphatic carbocycles. The molecule has 2 aliphatic rings. The van der Waals surface area contributed by atoms with Crippen LogP contribution in [0.25, 0.3) is 6.08 Å². The number of carbonyl (C=O) groups excluding carboxylic acids is 1. The first-order chi connectivity index (χ1) is 13.2. The molecule has 1 amide bonds. The molecule has 1 N–H and O–H groups in total. The normalized spacial score (nSPS) is 17.8. The minimum Gasteiger partial charge on any atom is -0.489 e. The molecule has 0 radical (unpaired) electrons. The van der Waals surface area contributed by atoms with Crippen LogP contribution in [0.3, 0.4) is 0 Å². The van der Waals surface area contributed by atoms with E-state index in [1.807, 2.05) is 42.5 Å². The minimum atomic E-state index is -0.267. The van der Waals surface area contributed by atoms with E-state index in [2.05, 4.69) is 10.3 Å². The summed E-state index contributed by atoms with van der Waals surface area (Å²) in [6, 6.07) is 13.1. The van der Waals surface area contributed by atoms with Gasteiger partial charge in [-0.1, -0.05) is 18.2 Å². The number of benzene rings is 2. The van der Waals surface area contributed by atoms with Crippen molar-refractivity contribution in [2.24, 2.45) is 4.99 Å². The largest absolute Gasteiger partial charge is 0.489 e. The summed E-state index contributed by atoms with van der Waals surface area (Å²) in [6.07, 6.45) is 3.39. The van der Waals surface area contributed by atoms with Crippen LogP contribution in [0, 0.1) is 11.5 Å². The average Bonchev–Trinajstić information content (AvgIpc) is 3.27. The Morgan fingerprint density at radius 1 is 1.22 bits per heavy atom. The molecule has 2 heterocycles. The van der Waals surface area contributed by atoms with Crippen LogP contribution in [0.4, 0.5) is 0 Å². The Kier molecular flexibility index (Phi) is 4.68. The molecule has 2 aromatic rings. The molecule has 0 bridgehead atoms. The van der Waals surface area contributed by atoms with Crippen molar-refractivity contribution in [1.82, 2.24) is 5.32 Å². The first kappa shape index (κ1) is 17.0. The third-order valence-corrected chi connectivity index (χ3v) is 4.73. The Morgan fingerprint density at radius 2 is 2.04 bits per heavy atom. The van der Waals surface area contributed by atoms with Crippen LogP contribution in [0.5, 0.6) is 17.2 Å². The fourth-order valence-corrected chi connectivity index (χ4v) is 3.31. The highest BCUT2D eigenvalue weighted by Gasteiger charge is 2.23. The van der Waals surface area contributed by atoms with Gasteiger partial charge in [-0.15, -0.1) is 4.99 Å². The SMILES string of the molecule is N#CN=C1NC(=O)/C(=C\c2ccc(OCc3ccc4c(c3)OCO4)cc2)S1. The molecule has 4 rings (SSSR count). The van der Waals surface area contributed by atoms with Crippen LogP contribution >= 0.6 is 11.8 Å². The summed E-state index contributed by atoms with van der Waals surface area (Å²) < 4.78 is 16.4. The minimum absolute atomic E-state index is 0.247. The predicted octanol–water partition coefficient (Wildman–Crippen LogP) is 3.04. The molecule has 8 heteroatoms. The number of hydrogen-bond acceptors (Lipinski definition) is 7. The van der Waals surface area contributed by atoms with Gasteiger partial charge in [0.05, 0.1) is 4.91 Å².